The molecule has 3 N–H and O–H groups in total. The smallest absolute Gasteiger partial charge is 0.257 e. The van der Waals surface area contributed by atoms with E-state index in [1.165, 1.54) is 31.2 Å². The molecule has 1 aliphatic rings. The number of fused-ring (bicyclic) bond motifs is 1. The van der Waals surface area contributed by atoms with Crippen LogP contribution in [0, 0.1) is 0 Å². The van der Waals surface area contributed by atoms with Gasteiger partial charge in [-0.15, -0.1) is 37.2 Å². The van der Waals surface area contributed by atoms with Crippen LogP contribution >= 0.6 is 37.2 Å². The summed E-state index contributed by atoms with van der Waals surface area (Å²) in [7, 11) is 1.62. The van der Waals surface area contributed by atoms with E-state index in [-0.39, 0.29) is 48.7 Å². The summed E-state index contributed by atoms with van der Waals surface area (Å²) in [5.41, 5.74) is 2.12. The van der Waals surface area contributed by atoms with Crippen LogP contribution in [0.3, 0.4) is 0 Å². The highest BCUT2D eigenvalue weighted by molar-refractivity contribution is 5.86. The Balaban J connectivity index is 0.00000432. The lowest BCUT2D eigenvalue weighted by Crippen LogP contribution is -2.40. The number of benzene rings is 1. The van der Waals surface area contributed by atoms with Crippen LogP contribution < -0.4 is 14.8 Å². The van der Waals surface area contributed by atoms with Crippen LogP contribution in [-0.2, 0) is 12.8 Å². The van der Waals surface area contributed by atoms with Crippen molar-refractivity contribution in [1.82, 2.24) is 15.2 Å². The quantitative estimate of drug-likeness (QED) is 0.188. The topological polar surface area (TPSA) is 87.1 Å². The molecule has 7 nitrogen and oxygen atoms in total. The number of phenolic OH excluding ortho intramolecular Hbond substituents is 2. The Morgan fingerprint density at radius 2 is 1.81 bits per heavy atom. The fraction of sp³-hybridized carbons (Fsp3) is 0.593. The molecule has 37 heavy (non-hydrogen) atoms. The van der Waals surface area contributed by atoms with Crippen molar-refractivity contribution in [2.75, 3.05) is 39.9 Å². The monoisotopic (exact) mass is 579 g/mol. The average Bonchev–Trinajstić information content (AvgIpc) is 2.86. The van der Waals surface area contributed by atoms with Gasteiger partial charge in [0, 0.05) is 24.3 Å². The number of hydrogen-bond acceptors (Lipinski definition) is 7. The van der Waals surface area contributed by atoms with Crippen LogP contribution in [0.2, 0.25) is 0 Å². The molecule has 1 aliphatic carbocycles. The van der Waals surface area contributed by atoms with Gasteiger partial charge in [0.05, 0.1) is 7.11 Å². The molecule has 0 fully saturated rings. The second kappa shape index (κ2) is 19.4. The third-order valence-corrected chi connectivity index (χ3v) is 6.59. The molecule has 0 amide bonds. The molecular formula is C27H44Cl3N3O4. The largest absolute Gasteiger partial charge is 0.504 e. The first-order chi connectivity index (χ1) is 16.6. The summed E-state index contributed by atoms with van der Waals surface area (Å²) in [5, 5.41) is 23.4. The summed E-state index contributed by atoms with van der Waals surface area (Å²) in [6.07, 6.45) is 10.5. The van der Waals surface area contributed by atoms with Gasteiger partial charge in [-0.25, -0.2) is 4.98 Å². The van der Waals surface area contributed by atoms with E-state index in [9.17, 15) is 10.2 Å². The molecule has 1 heterocycles. The van der Waals surface area contributed by atoms with Gasteiger partial charge in [0.25, 0.3) is 5.88 Å². The lowest BCUT2D eigenvalue weighted by Gasteiger charge is -2.35. The van der Waals surface area contributed by atoms with E-state index in [1.807, 2.05) is 18.2 Å². The third kappa shape index (κ3) is 10.9. The fourth-order valence-electron chi connectivity index (χ4n) is 4.78. The SMILES string of the molecule is CCCN(CCCCCCNCCOc1ncccc1OC)C1CCc2c(ccc(O)c2O)C1.Cl.Cl.Cl. The average molecular weight is 581 g/mol. The standard InChI is InChI=1S/C27H41N3O4.3ClH/c1-3-17-30(22-11-12-23-21(20-22)10-13-24(31)26(23)32)18-7-5-4-6-14-28-16-19-34-27-25(33-2)9-8-15-29-27;;;/h8-10,13,15,22,28,31-32H,3-7,11-12,14,16-20H2,1-2H3;3*1H. The van der Waals surface area contributed by atoms with Crippen molar-refractivity contribution >= 4 is 37.2 Å². The van der Waals surface area contributed by atoms with E-state index in [0.717, 1.165) is 57.4 Å². The van der Waals surface area contributed by atoms with E-state index < -0.39 is 0 Å². The number of nitrogens with zero attached hydrogens (tertiary/aromatic N) is 2. The maximum Gasteiger partial charge on any atom is 0.257 e. The number of pyridine rings is 1. The molecule has 0 saturated carbocycles. The Morgan fingerprint density at radius 3 is 2.57 bits per heavy atom. The molecule has 1 aromatic carbocycles. The minimum absolute atomic E-state index is 0. The molecule has 1 atom stereocenters. The lowest BCUT2D eigenvalue weighted by atomic mass is 9.86. The molecule has 0 spiro atoms. The molecule has 1 aromatic heterocycles. The normalized spacial score (nSPS) is 14.1. The van der Waals surface area contributed by atoms with Gasteiger partial charge in [-0.1, -0.05) is 25.8 Å². The lowest BCUT2D eigenvalue weighted by molar-refractivity contribution is 0.175. The molecule has 0 radical (unpaired) electrons. The zero-order valence-electron chi connectivity index (χ0n) is 22.0. The Bertz CT molecular complexity index is 892. The second-order valence-electron chi connectivity index (χ2n) is 9.03. The van der Waals surface area contributed by atoms with Gasteiger partial charge >= 0.3 is 0 Å². The van der Waals surface area contributed by atoms with Gasteiger partial charge in [0.1, 0.15) is 6.61 Å². The predicted molar refractivity (Wildman–Crippen MR) is 157 cm³/mol. The number of hydrogen-bond donors (Lipinski definition) is 3. The van der Waals surface area contributed by atoms with Crippen molar-refractivity contribution in [2.24, 2.45) is 0 Å². The Labute approximate surface area is 240 Å². The maximum absolute atomic E-state index is 10.2. The van der Waals surface area contributed by atoms with Gasteiger partial charge in [-0.05, 0) is 81.9 Å². The Kier molecular flexibility index (Phi) is 18.6. The minimum Gasteiger partial charge on any atom is -0.504 e. The van der Waals surface area contributed by atoms with Crippen LogP contribution in [0.15, 0.2) is 30.5 Å². The fourth-order valence-corrected chi connectivity index (χ4v) is 4.78. The highest BCUT2D eigenvalue weighted by Gasteiger charge is 2.26. The molecule has 10 heteroatoms. The number of phenols is 2. The number of aromatic hydroxyl groups is 2. The van der Waals surface area contributed by atoms with Gasteiger partial charge in [-0.2, -0.15) is 0 Å². The van der Waals surface area contributed by atoms with E-state index in [2.05, 4.69) is 22.1 Å². The second-order valence-corrected chi connectivity index (χ2v) is 9.03. The summed E-state index contributed by atoms with van der Waals surface area (Å²) in [4.78, 5) is 6.83. The first-order valence-electron chi connectivity index (χ1n) is 12.7. The van der Waals surface area contributed by atoms with E-state index in [4.69, 9.17) is 9.47 Å². The van der Waals surface area contributed by atoms with Crippen molar-refractivity contribution in [3.05, 3.63) is 41.6 Å². The van der Waals surface area contributed by atoms with Crippen molar-refractivity contribution in [2.45, 2.75) is 64.3 Å². The van der Waals surface area contributed by atoms with E-state index >= 15 is 0 Å². The first-order valence-corrected chi connectivity index (χ1v) is 12.7. The molecule has 0 saturated heterocycles. The zero-order chi connectivity index (χ0) is 24.2. The summed E-state index contributed by atoms with van der Waals surface area (Å²) < 4.78 is 10.9. The van der Waals surface area contributed by atoms with Gasteiger partial charge < -0.3 is 29.9 Å². The van der Waals surface area contributed by atoms with Gasteiger partial charge in [0.2, 0.25) is 0 Å². The molecule has 2 aromatic rings. The maximum atomic E-state index is 10.2. The van der Waals surface area contributed by atoms with Crippen LogP contribution in [0.25, 0.3) is 0 Å². The minimum atomic E-state index is -0.00179. The van der Waals surface area contributed by atoms with Crippen LogP contribution in [0.1, 0.15) is 56.6 Å². The van der Waals surface area contributed by atoms with Crippen molar-refractivity contribution in [3.63, 3.8) is 0 Å². The van der Waals surface area contributed by atoms with Gasteiger partial charge in [0.15, 0.2) is 17.2 Å². The summed E-state index contributed by atoms with van der Waals surface area (Å²) in [6.45, 7) is 6.85. The van der Waals surface area contributed by atoms with Gasteiger partial charge in [-0.3, -0.25) is 0 Å². The number of halogens is 3. The number of rotatable bonds is 15. The number of methoxy groups -OCH3 is 1. The Hall–Kier alpha value is -1.64. The summed E-state index contributed by atoms with van der Waals surface area (Å²) in [6, 6.07) is 7.80. The molecular weight excluding hydrogens is 537 g/mol. The van der Waals surface area contributed by atoms with Crippen molar-refractivity contribution < 1.29 is 19.7 Å². The van der Waals surface area contributed by atoms with Crippen LogP contribution in [0.5, 0.6) is 23.1 Å². The Morgan fingerprint density at radius 1 is 1.03 bits per heavy atom. The molecule has 1 unspecified atom stereocenters. The summed E-state index contributed by atoms with van der Waals surface area (Å²) in [5.74, 6) is 1.28. The zero-order valence-corrected chi connectivity index (χ0v) is 24.4. The molecule has 0 aliphatic heterocycles. The highest BCUT2D eigenvalue weighted by atomic mass is 35.5. The molecule has 3 rings (SSSR count). The van der Waals surface area contributed by atoms with E-state index in [1.54, 1.807) is 19.4 Å². The predicted octanol–water partition coefficient (Wildman–Crippen LogP) is 5.57. The molecule has 212 valence electrons. The molecule has 0 bridgehead atoms. The van der Waals surface area contributed by atoms with E-state index in [0.29, 0.717) is 24.3 Å². The van der Waals surface area contributed by atoms with Crippen molar-refractivity contribution in [3.8, 4) is 23.1 Å². The first kappa shape index (κ1) is 35.4. The third-order valence-electron chi connectivity index (χ3n) is 6.59. The van der Waals surface area contributed by atoms with Crippen LogP contribution in [0.4, 0.5) is 0 Å². The van der Waals surface area contributed by atoms with Crippen LogP contribution in [-0.4, -0.2) is 66.0 Å². The number of unbranched alkanes of at least 4 members (excludes halogenated alkanes) is 3. The highest BCUT2D eigenvalue weighted by Crippen LogP contribution is 2.36. The number of aromatic nitrogens is 1. The number of nitrogens with one attached hydrogen (secondary N) is 1. The number of ether oxygens (including phenoxy) is 2. The van der Waals surface area contributed by atoms with Crippen molar-refractivity contribution in [1.29, 1.82) is 0 Å². The summed E-state index contributed by atoms with van der Waals surface area (Å²) >= 11 is 0.